The van der Waals surface area contributed by atoms with E-state index in [0.717, 1.165) is 36.4 Å². The van der Waals surface area contributed by atoms with Crippen molar-refractivity contribution in [2.75, 3.05) is 27.2 Å². The van der Waals surface area contributed by atoms with Crippen molar-refractivity contribution in [1.29, 1.82) is 0 Å². The number of benzene rings is 1. The summed E-state index contributed by atoms with van der Waals surface area (Å²) in [6.45, 7) is 20.3. The third-order valence-electron chi connectivity index (χ3n) is 6.46. The molecule has 0 aliphatic rings. The number of nitrogens with zero attached hydrogens (tertiary/aromatic N) is 2. The van der Waals surface area contributed by atoms with Gasteiger partial charge in [-0.25, -0.2) is 0 Å². The number of rotatable bonds is 20. The molecule has 212 valence electrons. The van der Waals surface area contributed by atoms with Crippen LogP contribution in [-0.2, 0) is 11.3 Å². The fourth-order valence-electron chi connectivity index (χ4n) is 3.73. The van der Waals surface area contributed by atoms with Crippen LogP contribution in [0.15, 0.2) is 54.0 Å². The molecule has 1 rings (SSSR count). The van der Waals surface area contributed by atoms with Crippen LogP contribution in [0.5, 0.6) is 0 Å². The zero-order valence-corrected chi connectivity index (χ0v) is 25.5. The second kappa shape index (κ2) is 23.1. The van der Waals surface area contributed by atoms with Crippen molar-refractivity contribution in [3.63, 3.8) is 0 Å². The first-order valence-corrected chi connectivity index (χ1v) is 14.9. The Morgan fingerprint density at radius 3 is 1.95 bits per heavy atom. The number of unbranched alkanes of at least 4 members (excludes halogenated alkanes) is 8. The van der Waals surface area contributed by atoms with E-state index in [2.05, 4.69) is 87.4 Å². The Hall–Kier alpha value is -2.07. The van der Waals surface area contributed by atoms with Gasteiger partial charge in [0.15, 0.2) is 0 Å². The largest absolute Gasteiger partial charge is 0.380 e. The van der Waals surface area contributed by atoms with Gasteiger partial charge in [0, 0.05) is 18.2 Å². The second-order valence-electron chi connectivity index (χ2n) is 10.5. The van der Waals surface area contributed by atoms with E-state index in [0.29, 0.717) is 18.2 Å². The summed E-state index contributed by atoms with van der Waals surface area (Å²) in [5.41, 5.74) is 4.44. The molecule has 1 aromatic rings. The van der Waals surface area contributed by atoms with Gasteiger partial charge in [-0.05, 0) is 44.5 Å². The minimum absolute atomic E-state index is 0.313. The molecule has 0 saturated heterocycles. The molecule has 0 aromatic heterocycles. The van der Waals surface area contributed by atoms with E-state index in [1.165, 1.54) is 69.8 Å². The number of aryl methyl sites for hydroxylation is 1. The maximum Gasteiger partial charge on any atom is 0.146 e. The lowest BCUT2D eigenvalue weighted by molar-refractivity contribution is 0.220. The van der Waals surface area contributed by atoms with Crippen molar-refractivity contribution < 1.29 is 4.84 Å². The molecular weight excluding hydrogens is 454 g/mol. The van der Waals surface area contributed by atoms with E-state index in [4.69, 9.17) is 4.84 Å². The minimum atomic E-state index is 0.313. The Balaban J connectivity index is 0.00000300. The predicted octanol–water partition coefficient (Wildman–Crippen LogP) is 9.12. The molecule has 1 aromatic carbocycles. The highest BCUT2D eigenvalue weighted by atomic mass is 16.6. The zero-order chi connectivity index (χ0) is 27.9. The molecule has 1 unspecified atom stereocenters. The first kappa shape index (κ1) is 34.9. The quantitative estimate of drug-likeness (QED) is 0.0817. The Labute approximate surface area is 230 Å². The van der Waals surface area contributed by atoms with Crippen LogP contribution in [0.25, 0.3) is 0 Å². The molecule has 1 N–H and O–H groups in total. The fourth-order valence-corrected chi connectivity index (χ4v) is 3.73. The first-order chi connectivity index (χ1) is 17.8. The maximum atomic E-state index is 5.67. The van der Waals surface area contributed by atoms with Crippen molar-refractivity contribution in [1.82, 2.24) is 10.2 Å². The van der Waals surface area contributed by atoms with Crippen LogP contribution in [0.3, 0.4) is 0 Å². The summed E-state index contributed by atoms with van der Waals surface area (Å²) in [5.74, 6) is 0.898. The Morgan fingerprint density at radius 1 is 0.865 bits per heavy atom. The van der Waals surface area contributed by atoms with Crippen LogP contribution < -0.4 is 5.32 Å². The molecule has 0 heterocycles. The van der Waals surface area contributed by atoms with Crippen molar-refractivity contribution in [3.05, 3.63) is 60.0 Å². The fraction of sp³-hybridized carbons (Fsp3) is 0.667. The van der Waals surface area contributed by atoms with E-state index in [1.807, 2.05) is 14.1 Å². The van der Waals surface area contributed by atoms with Crippen molar-refractivity contribution in [3.8, 4) is 0 Å². The molecule has 4 heteroatoms. The summed E-state index contributed by atoms with van der Waals surface area (Å²) in [6, 6.07) is 8.87. The van der Waals surface area contributed by atoms with Crippen LogP contribution >= 0.6 is 0 Å². The van der Waals surface area contributed by atoms with Gasteiger partial charge in [0.25, 0.3) is 0 Å². The maximum absolute atomic E-state index is 5.67. The van der Waals surface area contributed by atoms with Crippen molar-refractivity contribution in [2.45, 2.75) is 112 Å². The van der Waals surface area contributed by atoms with Gasteiger partial charge in [-0.15, -0.1) is 0 Å². The molecule has 4 nitrogen and oxygen atoms in total. The average Bonchev–Trinajstić information content (AvgIpc) is 2.89. The molecule has 0 fully saturated rings. The van der Waals surface area contributed by atoms with Crippen molar-refractivity contribution >= 4 is 5.71 Å². The first-order valence-electron chi connectivity index (χ1n) is 14.9. The van der Waals surface area contributed by atoms with Crippen LogP contribution in [0.2, 0.25) is 0 Å². The summed E-state index contributed by atoms with van der Waals surface area (Å²) >= 11 is 0. The van der Waals surface area contributed by atoms with Crippen LogP contribution in [0.4, 0.5) is 0 Å². The van der Waals surface area contributed by atoms with Gasteiger partial charge >= 0.3 is 0 Å². The molecule has 1 atom stereocenters. The number of nitrogens with one attached hydrogen (secondary N) is 1. The standard InChI is InChI=1S/C29H49N3O.C4H10/c1-8-10-11-12-13-14-15-16-17-27-18-20-28(21-19-27)29(24(3)9-2)31-33-26(5)22-30-25(4)23-32(6)7;1-3-4-2/h18-21,24,30H,4-5,8-17,22-23H2,1-3,6-7H3;3-4H2,1-2H3/b31-29+;. The third kappa shape index (κ3) is 18.8. The summed E-state index contributed by atoms with van der Waals surface area (Å²) < 4.78 is 0. The summed E-state index contributed by atoms with van der Waals surface area (Å²) in [5, 5.41) is 7.73. The highest BCUT2D eigenvalue weighted by Gasteiger charge is 2.13. The molecule has 0 amide bonds. The molecule has 37 heavy (non-hydrogen) atoms. The normalized spacial score (nSPS) is 12.1. The highest BCUT2D eigenvalue weighted by Crippen LogP contribution is 2.17. The third-order valence-corrected chi connectivity index (χ3v) is 6.46. The van der Waals surface area contributed by atoms with E-state index in [-0.39, 0.29) is 0 Å². The number of oxime groups is 1. The van der Waals surface area contributed by atoms with E-state index >= 15 is 0 Å². The highest BCUT2D eigenvalue weighted by molar-refractivity contribution is 6.01. The molecule has 0 spiro atoms. The van der Waals surface area contributed by atoms with Crippen molar-refractivity contribution in [2.24, 2.45) is 11.1 Å². The van der Waals surface area contributed by atoms with E-state index < -0.39 is 0 Å². The lowest BCUT2D eigenvalue weighted by atomic mass is 9.95. The summed E-state index contributed by atoms with van der Waals surface area (Å²) in [7, 11) is 4.03. The van der Waals surface area contributed by atoms with Gasteiger partial charge in [-0.3, -0.25) is 0 Å². The lowest BCUT2D eigenvalue weighted by Gasteiger charge is -2.16. The smallest absolute Gasteiger partial charge is 0.146 e. The van der Waals surface area contributed by atoms with Crippen LogP contribution in [0.1, 0.15) is 116 Å². The number of hydrogen-bond donors (Lipinski definition) is 1. The number of likely N-dealkylation sites (N-methyl/N-ethyl adjacent to an activating group) is 1. The van der Waals surface area contributed by atoms with Gasteiger partial charge < -0.3 is 15.1 Å². The number of hydrogen-bond acceptors (Lipinski definition) is 4. The Bertz CT molecular complexity index is 734. The Kier molecular flexibility index (Phi) is 21.8. The molecular formula is C33H59N3O. The Morgan fingerprint density at radius 2 is 1.43 bits per heavy atom. The monoisotopic (exact) mass is 513 g/mol. The lowest BCUT2D eigenvalue weighted by Crippen LogP contribution is -2.25. The SMILES string of the molecule is C=C(CN(C)C)NCC(=C)O/N=C(/c1ccc(CCCCCCCCCC)cc1)C(C)CC.CCCC. The second-order valence-corrected chi connectivity index (χ2v) is 10.5. The van der Waals surface area contributed by atoms with Crippen LogP contribution in [-0.4, -0.2) is 37.8 Å². The topological polar surface area (TPSA) is 36.9 Å². The van der Waals surface area contributed by atoms with E-state index in [1.54, 1.807) is 0 Å². The van der Waals surface area contributed by atoms with Gasteiger partial charge in [-0.1, -0.05) is 135 Å². The summed E-state index contributed by atoms with van der Waals surface area (Å²) in [6.07, 6.45) is 15.7. The van der Waals surface area contributed by atoms with Crippen LogP contribution in [0, 0.1) is 5.92 Å². The van der Waals surface area contributed by atoms with E-state index in [9.17, 15) is 0 Å². The predicted molar refractivity (Wildman–Crippen MR) is 165 cm³/mol. The minimum Gasteiger partial charge on any atom is -0.380 e. The zero-order valence-electron chi connectivity index (χ0n) is 25.5. The average molecular weight is 514 g/mol. The summed E-state index contributed by atoms with van der Waals surface area (Å²) in [4.78, 5) is 7.74. The van der Waals surface area contributed by atoms with Gasteiger partial charge in [-0.2, -0.15) is 0 Å². The van der Waals surface area contributed by atoms with Gasteiger partial charge in [0.1, 0.15) is 5.76 Å². The molecule has 0 aliphatic carbocycles. The molecule has 0 saturated carbocycles. The molecule has 0 aliphatic heterocycles. The van der Waals surface area contributed by atoms with Gasteiger partial charge in [0.05, 0.1) is 12.3 Å². The molecule has 0 bridgehead atoms. The van der Waals surface area contributed by atoms with Gasteiger partial charge in [0.2, 0.25) is 0 Å². The molecule has 0 radical (unpaired) electrons.